The van der Waals surface area contributed by atoms with E-state index in [0.717, 1.165) is 11.1 Å². The normalized spacial score (nSPS) is 11.6. The molecule has 4 rings (SSSR count). The van der Waals surface area contributed by atoms with Gasteiger partial charge in [0.15, 0.2) is 0 Å². The summed E-state index contributed by atoms with van der Waals surface area (Å²) in [6, 6.07) is 27.6. The smallest absolute Gasteiger partial charge is 0.234 e. The summed E-state index contributed by atoms with van der Waals surface area (Å²) in [5, 5.41) is 2.95. The lowest BCUT2D eigenvalue weighted by Crippen LogP contribution is -2.07. The first-order chi connectivity index (χ1) is 14.6. The van der Waals surface area contributed by atoms with E-state index in [1.165, 1.54) is 0 Å². The standard InChI is InChI=1S/C24H20N2O3S/c27-30(28,21-14-8-3-9-15-21)24-23(25-18-20-12-6-2-7-13-20)29-22(26-24)17-16-19-10-4-1-5-11-19/h1-17,25H,18H2/b17-16+. The van der Waals surface area contributed by atoms with Crippen LogP contribution in [0, 0.1) is 0 Å². The molecule has 0 fully saturated rings. The number of sulfone groups is 1. The number of hydrogen-bond donors (Lipinski definition) is 1. The zero-order valence-electron chi connectivity index (χ0n) is 16.1. The average Bonchev–Trinajstić information content (AvgIpc) is 3.22. The molecule has 0 radical (unpaired) electrons. The van der Waals surface area contributed by atoms with Crippen molar-refractivity contribution in [3.8, 4) is 0 Å². The minimum absolute atomic E-state index is 0.121. The van der Waals surface area contributed by atoms with E-state index < -0.39 is 9.84 Å². The van der Waals surface area contributed by atoms with Crippen LogP contribution in [0.1, 0.15) is 17.0 Å². The summed E-state index contributed by atoms with van der Waals surface area (Å²) in [6.07, 6.45) is 3.48. The second-order valence-electron chi connectivity index (χ2n) is 6.59. The molecule has 1 N–H and O–H groups in total. The van der Waals surface area contributed by atoms with Crippen molar-refractivity contribution in [2.75, 3.05) is 5.32 Å². The van der Waals surface area contributed by atoms with E-state index in [1.54, 1.807) is 36.4 Å². The van der Waals surface area contributed by atoms with Gasteiger partial charge in [-0.05, 0) is 29.3 Å². The maximum Gasteiger partial charge on any atom is 0.234 e. The van der Waals surface area contributed by atoms with Crippen LogP contribution < -0.4 is 5.32 Å². The number of rotatable bonds is 7. The zero-order valence-corrected chi connectivity index (χ0v) is 16.9. The Kier molecular flexibility index (Phi) is 5.77. The first-order valence-corrected chi connectivity index (χ1v) is 10.9. The molecule has 0 aliphatic carbocycles. The van der Waals surface area contributed by atoms with Crippen molar-refractivity contribution in [2.45, 2.75) is 16.5 Å². The van der Waals surface area contributed by atoms with Crippen LogP contribution in [-0.2, 0) is 16.4 Å². The molecule has 0 bridgehead atoms. The van der Waals surface area contributed by atoms with Crippen LogP contribution in [0.25, 0.3) is 12.2 Å². The van der Waals surface area contributed by atoms with Gasteiger partial charge < -0.3 is 9.73 Å². The van der Waals surface area contributed by atoms with Gasteiger partial charge in [-0.15, -0.1) is 0 Å². The summed E-state index contributed by atoms with van der Waals surface area (Å²) in [6.45, 7) is 0.412. The Morgan fingerprint density at radius 3 is 2.07 bits per heavy atom. The van der Waals surface area contributed by atoms with Gasteiger partial charge in [-0.1, -0.05) is 78.9 Å². The summed E-state index contributed by atoms with van der Waals surface area (Å²) in [5.41, 5.74) is 1.96. The summed E-state index contributed by atoms with van der Waals surface area (Å²) < 4.78 is 32.1. The number of oxazole rings is 1. The van der Waals surface area contributed by atoms with Gasteiger partial charge in [0.25, 0.3) is 0 Å². The molecule has 30 heavy (non-hydrogen) atoms. The van der Waals surface area contributed by atoms with Crippen molar-refractivity contribution in [1.82, 2.24) is 4.98 Å². The molecule has 0 saturated carbocycles. The molecule has 0 atom stereocenters. The van der Waals surface area contributed by atoms with Gasteiger partial charge in [-0.2, -0.15) is 4.98 Å². The Morgan fingerprint density at radius 1 is 0.800 bits per heavy atom. The largest absolute Gasteiger partial charge is 0.420 e. The molecule has 6 heteroatoms. The highest BCUT2D eigenvalue weighted by Gasteiger charge is 2.27. The van der Waals surface area contributed by atoms with Crippen molar-refractivity contribution < 1.29 is 12.8 Å². The molecule has 0 unspecified atom stereocenters. The van der Waals surface area contributed by atoms with Gasteiger partial charge in [-0.25, -0.2) is 8.42 Å². The van der Waals surface area contributed by atoms with Crippen molar-refractivity contribution in [2.24, 2.45) is 0 Å². The Balaban J connectivity index is 1.69. The highest BCUT2D eigenvalue weighted by molar-refractivity contribution is 7.91. The van der Waals surface area contributed by atoms with E-state index in [2.05, 4.69) is 10.3 Å². The molecule has 3 aromatic carbocycles. The third-order valence-corrected chi connectivity index (χ3v) is 6.11. The Bertz CT molecular complexity index is 1230. The van der Waals surface area contributed by atoms with E-state index in [0.29, 0.717) is 6.54 Å². The van der Waals surface area contributed by atoms with E-state index in [9.17, 15) is 8.42 Å². The van der Waals surface area contributed by atoms with Crippen LogP contribution in [0.2, 0.25) is 0 Å². The lowest BCUT2D eigenvalue weighted by molar-refractivity contribution is 0.554. The zero-order chi connectivity index (χ0) is 20.8. The fourth-order valence-electron chi connectivity index (χ4n) is 2.91. The predicted octanol–water partition coefficient (Wildman–Crippen LogP) is 5.29. The molecule has 150 valence electrons. The SMILES string of the molecule is O=S(=O)(c1ccccc1)c1nc(/C=C/c2ccccc2)oc1NCc1ccccc1. The highest BCUT2D eigenvalue weighted by atomic mass is 32.2. The Labute approximate surface area is 175 Å². The van der Waals surface area contributed by atoms with E-state index in [-0.39, 0.29) is 21.7 Å². The Morgan fingerprint density at radius 2 is 1.40 bits per heavy atom. The van der Waals surface area contributed by atoms with Gasteiger partial charge in [0.2, 0.25) is 26.6 Å². The summed E-state index contributed by atoms with van der Waals surface area (Å²) >= 11 is 0. The molecule has 1 heterocycles. The number of hydrogen-bond acceptors (Lipinski definition) is 5. The van der Waals surface area contributed by atoms with E-state index in [1.807, 2.05) is 66.7 Å². The third-order valence-electron chi connectivity index (χ3n) is 4.43. The molecule has 5 nitrogen and oxygen atoms in total. The maximum absolute atomic E-state index is 13.2. The topological polar surface area (TPSA) is 72.2 Å². The minimum Gasteiger partial charge on any atom is -0.420 e. The maximum atomic E-state index is 13.2. The van der Waals surface area contributed by atoms with Crippen molar-refractivity contribution in [1.29, 1.82) is 0 Å². The van der Waals surface area contributed by atoms with Crippen molar-refractivity contribution in [3.63, 3.8) is 0 Å². The molecular weight excluding hydrogens is 396 g/mol. The van der Waals surface area contributed by atoms with Crippen LogP contribution in [0.5, 0.6) is 0 Å². The highest BCUT2D eigenvalue weighted by Crippen LogP contribution is 2.29. The van der Waals surface area contributed by atoms with Gasteiger partial charge in [0.1, 0.15) is 0 Å². The summed E-state index contributed by atoms with van der Waals surface area (Å²) in [7, 11) is -3.84. The minimum atomic E-state index is -3.84. The van der Waals surface area contributed by atoms with Crippen molar-refractivity contribution >= 4 is 27.9 Å². The molecule has 1 aromatic heterocycles. The first kappa shape index (κ1) is 19.7. The second kappa shape index (κ2) is 8.80. The van der Waals surface area contributed by atoms with Crippen LogP contribution in [0.15, 0.2) is 105 Å². The molecule has 0 amide bonds. The second-order valence-corrected chi connectivity index (χ2v) is 8.45. The average molecular weight is 417 g/mol. The fourth-order valence-corrected chi connectivity index (χ4v) is 4.21. The van der Waals surface area contributed by atoms with E-state index in [4.69, 9.17) is 4.42 Å². The van der Waals surface area contributed by atoms with Crippen LogP contribution in [-0.4, -0.2) is 13.4 Å². The number of benzene rings is 3. The molecule has 0 saturated heterocycles. The Hall–Kier alpha value is -3.64. The molecular formula is C24H20N2O3S. The summed E-state index contributed by atoms with van der Waals surface area (Å²) in [5.74, 6) is 0.333. The quantitative estimate of drug-likeness (QED) is 0.443. The number of anilines is 1. The lowest BCUT2D eigenvalue weighted by atomic mass is 10.2. The van der Waals surface area contributed by atoms with Crippen LogP contribution in [0.4, 0.5) is 5.88 Å². The molecule has 4 aromatic rings. The third kappa shape index (κ3) is 4.50. The van der Waals surface area contributed by atoms with Crippen LogP contribution >= 0.6 is 0 Å². The fraction of sp³-hybridized carbons (Fsp3) is 0.0417. The first-order valence-electron chi connectivity index (χ1n) is 9.45. The molecule has 0 spiro atoms. The van der Waals surface area contributed by atoms with Crippen LogP contribution in [0.3, 0.4) is 0 Å². The van der Waals surface area contributed by atoms with E-state index >= 15 is 0 Å². The van der Waals surface area contributed by atoms with Gasteiger partial charge in [0.05, 0.1) is 4.90 Å². The molecule has 0 aliphatic heterocycles. The van der Waals surface area contributed by atoms with Gasteiger partial charge in [0, 0.05) is 12.6 Å². The predicted molar refractivity (Wildman–Crippen MR) is 118 cm³/mol. The van der Waals surface area contributed by atoms with Gasteiger partial charge in [-0.3, -0.25) is 0 Å². The number of nitrogens with one attached hydrogen (secondary N) is 1. The monoisotopic (exact) mass is 416 g/mol. The lowest BCUT2D eigenvalue weighted by Gasteiger charge is -2.06. The molecule has 0 aliphatic rings. The van der Waals surface area contributed by atoms with Crippen molar-refractivity contribution in [3.05, 3.63) is 108 Å². The summed E-state index contributed by atoms with van der Waals surface area (Å²) in [4.78, 5) is 4.45. The number of aromatic nitrogens is 1. The van der Waals surface area contributed by atoms with Gasteiger partial charge >= 0.3 is 0 Å². The number of nitrogens with zero attached hydrogens (tertiary/aromatic N) is 1.